The van der Waals surface area contributed by atoms with Gasteiger partial charge in [-0.1, -0.05) is 0 Å². The number of fused-ring (bicyclic) bond motifs is 1. The summed E-state index contributed by atoms with van der Waals surface area (Å²) in [6.45, 7) is 1.63. The summed E-state index contributed by atoms with van der Waals surface area (Å²) in [5.41, 5.74) is -1.98. The van der Waals surface area contributed by atoms with Crippen LogP contribution in [-0.2, 0) is 4.74 Å². The highest BCUT2D eigenvalue weighted by atomic mass is 16.6. The highest BCUT2D eigenvalue weighted by molar-refractivity contribution is 6.12. The molecule has 0 aromatic carbocycles. The van der Waals surface area contributed by atoms with Gasteiger partial charge in [-0.05, 0) is 6.92 Å². The molecule has 1 aliphatic carbocycles. The second kappa shape index (κ2) is 1.42. The summed E-state index contributed by atoms with van der Waals surface area (Å²) in [4.78, 5) is 0. The molecule has 1 aliphatic heterocycles. The molecule has 4 heteroatoms. The zero-order valence-corrected chi connectivity index (χ0v) is 6.16. The van der Waals surface area contributed by atoms with Crippen molar-refractivity contribution in [3.05, 3.63) is 0 Å². The second-order valence-electron chi connectivity index (χ2n) is 3.54. The first kappa shape index (κ1) is 6.64. The number of hydrogen-bond donors (Lipinski definition) is 2. The maximum absolute atomic E-state index is 9.66. The molecule has 4 atom stereocenters. The van der Waals surface area contributed by atoms with Crippen LogP contribution in [0.25, 0.3) is 0 Å². The van der Waals surface area contributed by atoms with Crippen LogP contribution in [0.1, 0.15) is 13.3 Å². The fraction of sp³-hybridized carbons (Fsp3) is 1.00. The molecule has 1 saturated carbocycles. The van der Waals surface area contributed by atoms with E-state index in [2.05, 4.69) is 0 Å². The third-order valence-electron chi connectivity index (χ3n) is 2.91. The zero-order valence-electron chi connectivity index (χ0n) is 6.16. The fourth-order valence-electron chi connectivity index (χ4n) is 1.65. The minimum Gasteiger partial charge on any atom is -0.385 e. The summed E-state index contributed by atoms with van der Waals surface area (Å²) in [6, 6.07) is -0.240. The molecule has 0 aromatic heterocycles. The molecule has 0 bridgehead atoms. The highest BCUT2D eigenvalue weighted by Crippen LogP contribution is 2.54. The van der Waals surface area contributed by atoms with E-state index in [0.717, 1.165) is 0 Å². The van der Waals surface area contributed by atoms with Gasteiger partial charge in [0.1, 0.15) is 19.0 Å². The predicted octanol–water partition coefficient (Wildman–Crippen LogP) is -1.77. The lowest BCUT2D eigenvalue weighted by Crippen LogP contribution is -2.48. The number of rotatable bonds is 0. The minimum atomic E-state index is -1.04. The van der Waals surface area contributed by atoms with Crippen LogP contribution in [0.4, 0.5) is 0 Å². The van der Waals surface area contributed by atoms with E-state index in [1.165, 1.54) is 0 Å². The Balaban J connectivity index is 2.30. The Morgan fingerprint density at radius 2 is 2.20 bits per heavy atom. The van der Waals surface area contributed by atoms with Crippen LogP contribution in [0, 0.1) is 0 Å². The summed E-state index contributed by atoms with van der Waals surface area (Å²) in [5, 5.41) is 19.2. The van der Waals surface area contributed by atoms with Crippen molar-refractivity contribution in [2.75, 3.05) is 0 Å². The quantitative estimate of drug-likeness (QED) is 0.393. The van der Waals surface area contributed by atoms with Gasteiger partial charge in [-0.2, -0.15) is 0 Å². The number of ether oxygens (including phenoxy) is 1. The topological polar surface area (TPSA) is 49.7 Å². The van der Waals surface area contributed by atoms with Crippen LogP contribution in [0.2, 0.25) is 0 Å². The summed E-state index contributed by atoms with van der Waals surface area (Å²) in [7, 11) is 1.78. The van der Waals surface area contributed by atoms with E-state index >= 15 is 0 Å². The molecule has 2 aliphatic rings. The second-order valence-corrected chi connectivity index (χ2v) is 3.54. The molecule has 56 valence electrons. The van der Waals surface area contributed by atoms with Crippen molar-refractivity contribution in [2.45, 2.75) is 36.7 Å². The molecule has 10 heavy (non-hydrogen) atoms. The smallest absolute Gasteiger partial charge is 0.143 e. The summed E-state index contributed by atoms with van der Waals surface area (Å²) >= 11 is 0. The standard InChI is InChI=1S/C6H11BO3/c1-5(8)4(7)10-3-2-6(3,5)9/h3-4,8-9H,2,7H2,1H3/t3-,4?,5+,6-/m1/s1. The van der Waals surface area contributed by atoms with Gasteiger partial charge < -0.3 is 14.9 Å². The Morgan fingerprint density at radius 1 is 1.60 bits per heavy atom. The van der Waals surface area contributed by atoms with E-state index in [-0.39, 0.29) is 12.1 Å². The monoisotopic (exact) mass is 142 g/mol. The van der Waals surface area contributed by atoms with Gasteiger partial charge in [-0.3, -0.25) is 0 Å². The van der Waals surface area contributed by atoms with E-state index in [0.29, 0.717) is 6.42 Å². The summed E-state index contributed by atoms with van der Waals surface area (Å²) < 4.78 is 5.25. The molecule has 1 saturated heterocycles. The molecule has 1 unspecified atom stereocenters. The number of hydrogen-bond acceptors (Lipinski definition) is 3. The van der Waals surface area contributed by atoms with E-state index in [1.54, 1.807) is 14.8 Å². The Bertz CT molecular complexity index is 182. The lowest BCUT2D eigenvalue weighted by molar-refractivity contribution is -0.0799. The van der Waals surface area contributed by atoms with E-state index in [9.17, 15) is 10.2 Å². The van der Waals surface area contributed by atoms with Gasteiger partial charge in [0.2, 0.25) is 0 Å². The largest absolute Gasteiger partial charge is 0.385 e. The van der Waals surface area contributed by atoms with Crippen molar-refractivity contribution in [2.24, 2.45) is 0 Å². The highest BCUT2D eigenvalue weighted by Gasteiger charge is 2.72. The van der Waals surface area contributed by atoms with E-state index in [1.807, 2.05) is 0 Å². The predicted molar refractivity (Wildman–Crippen MR) is 37.4 cm³/mol. The molecule has 2 fully saturated rings. The fourth-order valence-corrected chi connectivity index (χ4v) is 1.65. The molecule has 3 nitrogen and oxygen atoms in total. The van der Waals surface area contributed by atoms with Crippen molar-refractivity contribution in [1.29, 1.82) is 0 Å². The van der Waals surface area contributed by atoms with Crippen molar-refractivity contribution in [3.63, 3.8) is 0 Å². The Hall–Kier alpha value is -0.0551. The molecule has 2 N–H and O–H groups in total. The average Bonchev–Trinajstić information content (AvgIpc) is 2.39. The van der Waals surface area contributed by atoms with Crippen LogP contribution in [0.5, 0.6) is 0 Å². The SMILES string of the molecule is BC1O[C@@H]2C[C@]2(O)[C@@]1(C)O. The van der Waals surface area contributed by atoms with Crippen LogP contribution >= 0.6 is 0 Å². The van der Waals surface area contributed by atoms with Gasteiger partial charge in [0, 0.05) is 6.42 Å². The van der Waals surface area contributed by atoms with Gasteiger partial charge >= 0.3 is 0 Å². The first-order valence-electron chi connectivity index (χ1n) is 3.59. The lowest BCUT2D eigenvalue weighted by Gasteiger charge is -2.28. The molecule has 0 amide bonds. The van der Waals surface area contributed by atoms with Crippen LogP contribution in [0.3, 0.4) is 0 Å². The molecule has 1 heterocycles. The normalized spacial score (nSPS) is 65.9. The Labute approximate surface area is 60.4 Å². The van der Waals surface area contributed by atoms with Crippen molar-refractivity contribution < 1.29 is 14.9 Å². The van der Waals surface area contributed by atoms with Crippen molar-refractivity contribution in [1.82, 2.24) is 0 Å². The molecular formula is C6H11BO3. The third-order valence-corrected chi connectivity index (χ3v) is 2.91. The maximum Gasteiger partial charge on any atom is 0.143 e. The Morgan fingerprint density at radius 3 is 2.40 bits per heavy atom. The van der Waals surface area contributed by atoms with Crippen LogP contribution < -0.4 is 0 Å². The Kier molecular flexibility index (Phi) is 0.943. The molecular weight excluding hydrogens is 131 g/mol. The van der Waals surface area contributed by atoms with Crippen LogP contribution in [0.15, 0.2) is 0 Å². The third kappa shape index (κ3) is 0.491. The zero-order chi connectivity index (χ0) is 7.57. The van der Waals surface area contributed by atoms with E-state index < -0.39 is 11.2 Å². The summed E-state index contributed by atoms with van der Waals surface area (Å²) in [5.74, 6) is 0. The first-order chi connectivity index (χ1) is 4.48. The maximum atomic E-state index is 9.66. The first-order valence-corrected chi connectivity index (χ1v) is 3.59. The molecule has 2 rings (SSSR count). The molecule has 0 radical (unpaired) electrons. The number of aliphatic hydroxyl groups is 2. The molecule has 0 spiro atoms. The summed E-state index contributed by atoms with van der Waals surface area (Å²) in [6.07, 6.45) is 0.474. The van der Waals surface area contributed by atoms with Gasteiger partial charge in [0.05, 0.1) is 12.1 Å². The van der Waals surface area contributed by atoms with Gasteiger partial charge in [-0.15, -0.1) is 0 Å². The van der Waals surface area contributed by atoms with Gasteiger partial charge in [0.25, 0.3) is 0 Å². The minimum absolute atomic E-state index is 0.113. The molecule has 0 aromatic rings. The van der Waals surface area contributed by atoms with Gasteiger partial charge in [0.15, 0.2) is 0 Å². The van der Waals surface area contributed by atoms with Crippen LogP contribution in [-0.4, -0.2) is 41.4 Å². The lowest BCUT2D eigenvalue weighted by atomic mass is 9.80. The average molecular weight is 142 g/mol. The van der Waals surface area contributed by atoms with Gasteiger partial charge in [-0.25, -0.2) is 0 Å². The van der Waals surface area contributed by atoms with Crippen molar-refractivity contribution in [3.8, 4) is 0 Å². The van der Waals surface area contributed by atoms with E-state index in [4.69, 9.17) is 4.74 Å². The van der Waals surface area contributed by atoms with Crippen molar-refractivity contribution >= 4 is 7.85 Å².